The summed E-state index contributed by atoms with van der Waals surface area (Å²) in [6.07, 6.45) is 0. The van der Waals surface area contributed by atoms with Crippen molar-refractivity contribution in [1.29, 1.82) is 0 Å². The largest absolute Gasteiger partial charge is 0.493 e. The quantitative estimate of drug-likeness (QED) is 0.696. The Balaban J connectivity index is 1.77. The molecule has 2 aromatic rings. The number of para-hydroxylation sites is 1. The minimum atomic E-state index is -0.711. The molecule has 0 heterocycles. The van der Waals surface area contributed by atoms with E-state index in [9.17, 15) is 14.4 Å². The molecule has 27 heavy (non-hydrogen) atoms. The number of carbonyl (C=O) groups excluding carboxylic acids is 3. The van der Waals surface area contributed by atoms with Crippen LogP contribution in [0.5, 0.6) is 5.75 Å². The van der Waals surface area contributed by atoms with E-state index in [-0.39, 0.29) is 6.54 Å². The van der Waals surface area contributed by atoms with Crippen molar-refractivity contribution in [3.05, 3.63) is 59.7 Å². The second kappa shape index (κ2) is 9.96. The number of nitrogens with one attached hydrogen (secondary N) is 2. The number of rotatable bonds is 8. The fraction of sp³-hybridized carbons (Fsp3) is 0.250. The topological polar surface area (TPSA) is 93.7 Å². The molecule has 0 unspecified atom stereocenters. The molecule has 0 saturated carbocycles. The third-order valence-electron chi connectivity index (χ3n) is 3.49. The predicted molar refractivity (Wildman–Crippen MR) is 101 cm³/mol. The highest BCUT2D eigenvalue weighted by Crippen LogP contribution is 2.17. The molecule has 0 aromatic heterocycles. The molecule has 0 fully saturated rings. The second-order valence-electron chi connectivity index (χ2n) is 5.69. The maximum atomic E-state index is 12.2. The fourth-order valence-corrected chi connectivity index (χ4v) is 2.30. The summed E-state index contributed by atoms with van der Waals surface area (Å²) in [5, 5.41) is 5.08. The Morgan fingerprint density at radius 1 is 1.04 bits per heavy atom. The molecule has 2 aromatic carbocycles. The van der Waals surface area contributed by atoms with Crippen molar-refractivity contribution in [3.8, 4) is 5.75 Å². The Labute approximate surface area is 157 Å². The highest BCUT2D eigenvalue weighted by atomic mass is 16.5. The van der Waals surface area contributed by atoms with E-state index in [1.54, 1.807) is 36.4 Å². The highest BCUT2D eigenvalue weighted by molar-refractivity contribution is 5.98. The summed E-state index contributed by atoms with van der Waals surface area (Å²) in [6.45, 7) is 3.35. The highest BCUT2D eigenvalue weighted by Gasteiger charge is 2.14. The van der Waals surface area contributed by atoms with Crippen molar-refractivity contribution in [3.63, 3.8) is 0 Å². The molecule has 0 aliphatic carbocycles. The molecule has 0 aliphatic heterocycles. The van der Waals surface area contributed by atoms with Crippen LogP contribution in [0.2, 0.25) is 0 Å². The van der Waals surface area contributed by atoms with Crippen molar-refractivity contribution in [2.24, 2.45) is 0 Å². The van der Waals surface area contributed by atoms with Gasteiger partial charge in [-0.1, -0.05) is 24.3 Å². The number of ether oxygens (including phenoxy) is 2. The zero-order valence-corrected chi connectivity index (χ0v) is 15.3. The Morgan fingerprint density at radius 3 is 2.56 bits per heavy atom. The van der Waals surface area contributed by atoms with E-state index in [0.717, 1.165) is 5.56 Å². The van der Waals surface area contributed by atoms with Gasteiger partial charge in [-0.15, -0.1) is 0 Å². The van der Waals surface area contributed by atoms with Gasteiger partial charge >= 0.3 is 5.97 Å². The summed E-state index contributed by atoms with van der Waals surface area (Å²) in [5.74, 6) is -1.19. The van der Waals surface area contributed by atoms with E-state index < -0.39 is 24.4 Å². The van der Waals surface area contributed by atoms with Gasteiger partial charge in [0.15, 0.2) is 6.61 Å². The van der Waals surface area contributed by atoms with Gasteiger partial charge in [0.05, 0.1) is 12.2 Å². The van der Waals surface area contributed by atoms with Crippen LogP contribution in [0, 0.1) is 6.92 Å². The lowest BCUT2D eigenvalue weighted by atomic mass is 10.2. The fourth-order valence-electron chi connectivity index (χ4n) is 2.30. The van der Waals surface area contributed by atoms with Gasteiger partial charge in [0.25, 0.3) is 11.8 Å². The summed E-state index contributed by atoms with van der Waals surface area (Å²) < 4.78 is 10.3. The molecule has 142 valence electrons. The number of amides is 2. The summed E-state index contributed by atoms with van der Waals surface area (Å²) >= 11 is 0. The monoisotopic (exact) mass is 370 g/mol. The van der Waals surface area contributed by atoms with E-state index in [1.165, 1.54) is 0 Å². The molecule has 0 radical (unpaired) electrons. The van der Waals surface area contributed by atoms with Gasteiger partial charge in [-0.05, 0) is 43.7 Å². The summed E-state index contributed by atoms with van der Waals surface area (Å²) in [7, 11) is 0. The molecule has 0 spiro atoms. The molecule has 0 saturated heterocycles. The minimum Gasteiger partial charge on any atom is -0.493 e. The Bertz CT molecular complexity index is 820. The van der Waals surface area contributed by atoms with Crippen molar-refractivity contribution < 1.29 is 23.9 Å². The smallest absolute Gasteiger partial charge is 0.325 e. The summed E-state index contributed by atoms with van der Waals surface area (Å²) in [4.78, 5) is 35.7. The van der Waals surface area contributed by atoms with E-state index in [0.29, 0.717) is 23.6 Å². The standard InChI is InChI=1S/C20H22N2O5/c1-3-26-17-10-5-4-9-16(17)20(25)21-12-19(24)27-13-18(23)22-15-8-6-7-14(2)11-15/h4-11H,3,12-13H2,1-2H3,(H,21,25)(H,22,23). The van der Waals surface area contributed by atoms with Gasteiger partial charge in [-0.2, -0.15) is 0 Å². The number of hydrogen-bond acceptors (Lipinski definition) is 5. The first-order chi connectivity index (χ1) is 13.0. The van der Waals surface area contributed by atoms with E-state index in [2.05, 4.69) is 10.6 Å². The van der Waals surface area contributed by atoms with Crippen molar-refractivity contribution >= 4 is 23.5 Å². The molecular formula is C20H22N2O5. The maximum Gasteiger partial charge on any atom is 0.325 e. The summed E-state index contributed by atoms with van der Waals surface area (Å²) in [5.41, 5.74) is 1.95. The van der Waals surface area contributed by atoms with Gasteiger partial charge in [0, 0.05) is 5.69 Å². The lowest BCUT2D eigenvalue weighted by Gasteiger charge is -2.10. The van der Waals surface area contributed by atoms with E-state index >= 15 is 0 Å². The zero-order valence-electron chi connectivity index (χ0n) is 15.3. The van der Waals surface area contributed by atoms with Gasteiger partial charge in [-0.3, -0.25) is 14.4 Å². The molecule has 0 bridgehead atoms. The van der Waals surface area contributed by atoms with Crippen LogP contribution < -0.4 is 15.4 Å². The van der Waals surface area contributed by atoms with Crippen LogP contribution in [0.25, 0.3) is 0 Å². The zero-order chi connectivity index (χ0) is 19.6. The molecule has 2 rings (SSSR count). The molecule has 7 nitrogen and oxygen atoms in total. The molecule has 7 heteroatoms. The van der Waals surface area contributed by atoms with Gasteiger partial charge in [-0.25, -0.2) is 0 Å². The number of benzene rings is 2. The van der Waals surface area contributed by atoms with Crippen LogP contribution in [0.15, 0.2) is 48.5 Å². The molecule has 0 aliphatic rings. The lowest BCUT2D eigenvalue weighted by molar-refractivity contribution is -0.146. The van der Waals surface area contributed by atoms with E-state index in [4.69, 9.17) is 9.47 Å². The first kappa shape index (κ1) is 20.0. The average Bonchev–Trinajstić information content (AvgIpc) is 2.65. The molecular weight excluding hydrogens is 348 g/mol. The third kappa shape index (κ3) is 6.47. The average molecular weight is 370 g/mol. The Kier molecular flexibility index (Phi) is 7.37. The summed E-state index contributed by atoms with van der Waals surface area (Å²) in [6, 6.07) is 14.0. The van der Waals surface area contributed by atoms with Crippen molar-refractivity contribution in [1.82, 2.24) is 5.32 Å². The molecule has 2 amide bonds. The predicted octanol–water partition coefficient (Wildman–Crippen LogP) is 2.31. The van der Waals surface area contributed by atoms with Gasteiger partial charge < -0.3 is 20.1 Å². The van der Waals surface area contributed by atoms with Crippen LogP contribution in [0.4, 0.5) is 5.69 Å². The first-order valence-electron chi connectivity index (χ1n) is 8.51. The molecule has 0 atom stereocenters. The number of esters is 1. The van der Waals surface area contributed by atoms with Crippen LogP contribution in [0.3, 0.4) is 0 Å². The normalized spacial score (nSPS) is 10.0. The number of carbonyl (C=O) groups is 3. The third-order valence-corrected chi connectivity index (χ3v) is 3.49. The second-order valence-corrected chi connectivity index (χ2v) is 5.69. The number of hydrogen-bond donors (Lipinski definition) is 2. The number of anilines is 1. The van der Waals surface area contributed by atoms with Crippen LogP contribution in [-0.2, 0) is 14.3 Å². The maximum absolute atomic E-state index is 12.2. The number of aryl methyl sites for hydroxylation is 1. The van der Waals surface area contributed by atoms with Gasteiger partial charge in [0.2, 0.25) is 0 Å². The lowest BCUT2D eigenvalue weighted by Crippen LogP contribution is -2.32. The van der Waals surface area contributed by atoms with Crippen LogP contribution >= 0.6 is 0 Å². The van der Waals surface area contributed by atoms with Crippen LogP contribution in [-0.4, -0.2) is 37.5 Å². The first-order valence-corrected chi connectivity index (χ1v) is 8.51. The van der Waals surface area contributed by atoms with E-state index in [1.807, 2.05) is 26.0 Å². The van der Waals surface area contributed by atoms with Crippen molar-refractivity contribution in [2.75, 3.05) is 25.1 Å². The Hall–Kier alpha value is -3.35. The van der Waals surface area contributed by atoms with Crippen molar-refractivity contribution in [2.45, 2.75) is 13.8 Å². The van der Waals surface area contributed by atoms with Gasteiger partial charge in [0.1, 0.15) is 12.3 Å². The van der Waals surface area contributed by atoms with Crippen LogP contribution in [0.1, 0.15) is 22.8 Å². The minimum absolute atomic E-state index is 0.323. The molecule has 2 N–H and O–H groups in total. The SMILES string of the molecule is CCOc1ccccc1C(=O)NCC(=O)OCC(=O)Nc1cccc(C)c1. The Morgan fingerprint density at radius 2 is 1.81 bits per heavy atom.